The molecule has 0 saturated carbocycles. The van der Waals surface area contributed by atoms with Crippen molar-refractivity contribution in [1.29, 1.82) is 0 Å². The molecule has 1 amide bonds. The van der Waals surface area contributed by atoms with Crippen LogP contribution in [0.15, 0.2) is 66.9 Å². The molecule has 0 unspecified atom stereocenters. The van der Waals surface area contributed by atoms with E-state index >= 15 is 0 Å². The first kappa shape index (κ1) is 24.7. The summed E-state index contributed by atoms with van der Waals surface area (Å²) in [6, 6.07) is 17.2. The second-order valence-corrected chi connectivity index (χ2v) is 9.35. The Kier molecular flexibility index (Phi) is 7.91. The second kappa shape index (κ2) is 10.9. The van der Waals surface area contributed by atoms with Gasteiger partial charge in [-0.1, -0.05) is 76.2 Å². The number of nitrogens with one attached hydrogen (secondary N) is 1. The number of hydrogen-bond acceptors (Lipinski definition) is 3. The third-order valence-electron chi connectivity index (χ3n) is 4.75. The number of halogens is 5. The van der Waals surface area contributed by atoms with Gasteiger partial charge in [0.05, 0.1) is 26.6 Å². The Morgan fingerprint density at radius 1 is 0.853 bits per heavy atom. The third kappa shape index (κ3) is 6.17. The molecular formula is C24H16Cl5N3O2. The van der Waals surface area contributed by atoms with Crippen LogP contribution < -0.4 is 10.1 Å². The summed E-state index contributed by atoms with van der Waals surface area (Å²) >= 11 is 30.3. The van der Waals surface area contributed by atoms with Crippen molar-refractivity contribution in [2.45, 2.75) is 13.2 Å². The highest BCUT2D eigenvalue weighted by Gasteiger charge is 2.12. The van der Waals surface area contributed by atoms with Gasteiger partial charge in [0.1, 0.15) is 6.61 Å². The predicted molar refractivity (Wildman–Crippen MR) is 138 cm³/mol. The van der Waals surface area contributed by atoms with Gasteiger partial charge in [0.15, 0.2) is 11.6 Å². The quantitative estimate of drug-likeness (QED) is 0.251. The lowest BCUT2D eigenvalue weighted by molar-refractivity contribution is 0.102. The summed E-state index contributed by atoms with van der Waals surface area (Å²) in [4.78, 5) is 12.7. The number of aromatic nitrogens is 2. The van der Waals surface area contributed by atoms with E-state index in [-0.39, 0.29) is 12.5 Å². The summed E-state index contributed by atoms with van der Waals surface area (Å²) in [5.74, 6) is 0.450. The molecule has 1 aromatic heterocycles. The largest absolute Gasteiger partial charge is 0.486 e. The number of benzene rings is 3. The van der Waals surface area contributed by atoms with E-state index in [1.807, 2.05) is 12.1 Å². The summed E-state index contributed by atoms with van der Waals surface area (Å²) < 4.78 is 7.44. The van der Waals surface area contributed by atoms with Crippen LogP contribution in [0.1, 0.15) is 21.5 Å². The smallest absolute Gasteiger partial charge is 0.256 e. The minimum atomic E-state index is -0.302. The average molecular weight is 556 g/mol. The van der Waals surface area contributed by atoms with Gasteiger partial charge < -0.3 is 10.1 Å². The van der Waals surface area contributed by atoms with E-state index in [0.717, 1.165) is 11.1 Å². The van der Waals surface area contributed by atoms with E-state index < -0.39 is 0 Å². The molecule has 0 aliphatic carbocycles. The van der Waals surface area contributed by atoms with Crippen LogP contribution >= 0.6 is 58.0 Å². The number of nitrogens with zero attached hydrogens (tertiary/aromatic N) is 2. The van der Waals surface area contributed by atoms with Crippen molar-refractivity contribution in [2.24, 2.45) is 0 Å². The van der Waals surface area contributed by atoms with Crippen molar-refractivity contribution < 1.29 is 9.53 Å². The van der Waals surface area contributed by atoms with Crippen molar-refractivity contribution in [3.05, 3.63) is 109 Å². The lowest BCUT2D eigenvalue weighted by atomic mass is 10.1. The molecule has 0 aliphatic rings. The molecule has 0 aliphatic heterocycles. The molecule has 174 valence electrons. The highest BCUT2D eigenvalue weighted by Crippen LogP contribution is 2.36. The Bertz CT molecular complexity index is 1330. The van der Waals surface area contributed by atoms with Gasteiger partial charge in [0.25, 0.3) is 5.91 Å². The summed E-state index contributed by atoms with van der Waals surface area (Å²) in [5, 5.41) is 9.19. The molecule has 4 aromatic rings. The molecule has 4 rings (SSSR count). The number of ether oxygens (including phenoxy) is 1. The zero-order valence-corrected chi connectivity index (χ0v) is 21.1. The second-order valence-electron chi connectivity index (χ2n) is 7.29. The van der Waals surface area contributed by atoms with Gasteiger partial charge in [0, 0.05) is 22.8 Å². The molecule has 0 radical (unpaired) electrons. The number of amides is 1. The van der Waals surface area contributed by atoms with E-state index in [4.69, 9.17) is 62.7 Å². The Morgan fingerprint density at radius 3 is 2.35 bits per heavy atom. The number of rotatable bonds is 7. The average Bonchev–Trinajstić information content (AvgIpc) is 3.22. The highest BCUT2D eigenvalue weighted by molar-refractivity contribution is 6.42. The van der Waals surface area contributed by atoms with E-state index in [2.05, 4.69) is 10.4 Å². The molecule has 5 nitrogen and oxygen atoms in total. The Hall–Kier alpha value is -2.41. The fraction of sp³-hybridized carbons (Fsp3) is 0.0833. The van der Waals surface area contributed by atoms with Crippen LogP contribution in [0.25, 0.3) is 0 Å². The van der Waals surface area contributed by atoms with Crippen LogP contribution in [0.2, 0.25) is 25.1 Å². The molecule has 10 heteroatoms. The molecular weight excluding hydrogens is 540 g/mol. The van der Waals surface area contributed by atoms with Crippen LogP contribution in [-0.4, -0.2) is 15.7 Å². The van der Waals surface area contributed by atoms with E-state index in [1.54, 1.807) is 59.4 Å². The normalized spacial score (nSPS) is 10.9. The summed E-state index contributed by atoms with van der Waals surface area (Å²) in [7, 11) is 0. The van der Waals surface area contributed by atoms with Gasteiger partial charge in [0.2, 0.25) is 0 Å². The minimum absolute atomic E-state index is 0.167. The maximum absolute atomic E-state index is 12.7. The van der Waals surface area contributed by atoms with E-state index in [0.29, 0.717) is 48.8 Å². The lowest BCUT2D eigenvalue weighted by Gasteiger charge is -2.11. The van der Waals surface area contributed by atoms with Crippen molar-refractivity contribution in [3.63, 3.8) is 0 Å². The molecule has 1 heterocycles. The summed E-state index contributed by atoms with van der Waals surface area (Å²) in [5.41, 5.74) is 2.15. The topological polar surface area (TPSA) is 56.2 Å². The molecule has 3 aromatic carbocycles. The fourth-order valence-electron chi connectivity index (χ4n) is 3.15. The highest BCUT2D eigenvalue weighted by atomic mass is 35.5. The van der Waals surface area contributed by atoms with Crippen LogP contribution in [0.5, 0.6) is 5.75 Å². The first-order chi connectivity index (χ1) is 16.3. The van der Waals surface area contributed by atoms with Gasteiger partial charge in [-0.2, -0.15) is 5.10 Å². The minimum Gasteiger partial charge on any atom is -0.486 e. The number of carbonyl (C=O) groups is 1. The Balaban J connectivity index is 1.39. The van der Waals surface area contributed by atoms with E-state index in [1.165, 1.54) is 0 Å². The SMILES string of the molecule is O=C(Nc1ccn(Cc2ccc(Cl)c(Cl)c2)n1)c1cccc(COc2c(Cl)cc(Cl)cc2Cl)c1. The van der Waals surface area contributed by atoms with Crippen molar-refractivity contribution in [2.75, 3.05) is 5.32 Å². The van der Waals surface area contributed by atoms with E-state index in [9.17, 15) is 4.79 Å². The lowest BCUT2D eigenvalue weighted by Crippen LogP contribution is -2.13. The van der Waals surface area contributed by atoms with Gasteiger partial charge in [-0.15, -0.1) is 0 Å². The molecule has 34 heavy (non-hydrogen) atoms. The molecule has 0 spiro atoms. The summed E-state index contributed by atoms with van der Waals surface area (Å²) in [6.45, 7) is 0.649. The zero-order valence-electron chi connectivity index (χ0n) is 17.4. The van der Waals surface area contributed by atoms with Crippen LogP contribution in [0, 0.1) is 0 Å². The molecule has 1 N–H and O–H groups in total. The monoisotopic (exact) mass is 553 g/mol. The number of hydrogen-bond donors (Lipinski definition) is 1. The first-order valence-corrected chi connectivity index (χ1v) is 11.8. The standard InChI is InChI=1S/C24H16Cl5N3O2/c25-17-10-20(28)23(21(29)11-17)34-13-15-2-1-3-16(8-15)24(33)30-22-6-7-32(31-22)12-14-4-5-18(26)19(27)9-14/h1-11H,12-13H2,(H,30,31,33). The van der Waals surface area contributed by atoms with Crippen molar-refractivity contribution in [3.8, 4) is 5.75 Å². The fourth-order valence-corrected chi connectivity index (χ4v) is 4.40. The number of carbonyl (C=O) groups excluding carboxylic acids is 1. The van der Waals surface area contributed by atoms with Crippen LogP contribution in [0.3, 0.4) is 0 Å². The molecule has 0 bridgehead atoms. The zero-order chi connectivity index (χ0) is 24.2. The van der Waals surface area contributed by atoms with Gasteiger partial charge in [-0.05, 0) is 47.5 Å². The predicted octanol–water partition coefficient (Wildman–Crippen LogP) is 8.03. The Morgan fingerprint density at radius 2 is 1.62 bits per heavy atom. The van der Waals surface area contributed by atoms with Crippen LogP contribution in [0.4, 0.5) is 5.82 Å². The van der Waals surface area contributed by atoms with Gasteiger partial charge >= 0.3 is 0 Å². The van der Waals surface area contributed by atoms with Gasteiger partial charge in [-0.3, -0.25) is 9.48 Å². The maximum atomic E-state index is 12.7. The molecule has 0 saturated heterocycles. The molecule has 0 atom stereocenters. The van der Waals surface area contributed by atoms with Gasteiger partial charge in [-0.25, -0.2) is 0 Å². The van der Waals surface area contributed by atoms with Crippen molar-refractivity contribution in [1.82, 2.24) is 9.78 Å². The van der Waals surface area contributed by atoms with Crippen LogP contribution in [-0.2, 0) is 13.2 Å². The third-order valence-corrected chi connectivity index (χ3v) is 6.26. The maximum Gasteiger partial charge on any atom is 0.256 e. The van der Waals surface area contributed by atoms with Crippen molar-refractivity contribution >= 4 is 69.7 Å². The summed E-state index contributed by atoms with van der Waals surface area (Å²) in [6.07, 6.45) is 1.77. The number of anilines is 1. The Labute approximate surface area is 221 Å². The first-order valence-electron chi connectivity index (χ1n) is 9.93. The molecule has 0 fully saturated rings.